The summed E-state index contributed by atoms with van der Waals surface area (Å²) in [5.41, 5.74) is 5.75. The zero-order chi connectivity index (χ0) is 35.6. The van der Waals surface area contributed by atoms with E-state index in [1.165, 1.54) is 33.5 Å². The summed E-state index contributed by atoms with van der Waals surface area (Å²) in [6.45, 7) is 25.9. The fraction of sp³-hybridized carbons (Fsp3) is 0.500. The average molecular weight is 841 g/mol. The van der Waals surface area contributed by atoms with Gasteiger partial charge in [-0.3, -0.25) is 9.78 Å². The Labute approximate surface area is 309 Å². The van der Waals surface area contributed by atoms with Crippen LogP contribution in [0.2, 0.25) is 0 Å². The van der Waals surface area contributed by atoms with E-state index in [9.17, 15) is 9.90 Å². The van der Waals surface area contributed by atoms with E-state index in [2.05, 4.69) is 90.9 Å². The maximum absolute atomic E-state index is 12.0. The van der Waals surface area contributed by atoms with Crippen LogP contribution in [0.4, 0.5) is 0 Å². The van der Waals surface area contributed by atoms with Crippen LogP contribution in [0, 0.1) is 35.2 Å². The largest absolute Gasteiger partial charge is 0.512 e. The Hall–Kier alpha value is -3.01. The van der Waals surface area contributed by atoms with Gasteiger partial charge in [0.15, 0.2) is 5.78 Å². The summed E-state index contributed by atoms with van der Waals surface area (Å²) in [6.07, 6.45) is 8.76. The van der Waals surface area contributed by atoms with Crippen LogP contribution in [-0.4, -0.2) is 15.9 Å². The molecule has 1 aromatic heterocycles. The number of nitrogens with zero attached hydrogens (tertiary/aromatic N) is 1. The molecular weight excluding hydrogens is 783 g/mol. The Morgan fingerprint density at radius 1 is 0.918 bits per heavy atom. The third-order valence-corrected chi connectivity index (χ3v) is 9.95. The molecule has 4 aromatic rings. The number of hydrogen-bond donors (Lipinski definition) is 1. The summed E-state index contributed by atoms with van der Waals surface area (Å²) < 4.78 is 6.77. The molecule has 2 heterocycles. The van der Waals surface area contributed by atoms with Crippen molar-refractivity contribution >= 4 is 27.3 Å². The van der Waals surface area contributed by atoms with Crippen LogP contribution in [0.5, 0.6) is 11.5 Å². The summed E-state index contributed by atoms with van der Waals surface area (Å²) in [4.78, 5) is 17.0. The van der Waals surface area contributed by atoms with Crippen molar-refractivity contribution in [2.75, 3.05) is 0 Å². The summed E-state index contributed by atoms with van der Waals surface area (Å²) in [5.74, 6) is 2.29. The minimum Gasteiger partial charge on any atom is -0.512 e. The molecule has 0 fully saturated rings. The zero-order valence-electron chi connectivity index (χ0n) is 32.0. The Morgan fingerprint density at radius 3 is 2.10 bits per heavy atom. The van der Waals surface area contributed by atoms with E-state index in [1.54, 1.807) is 0 Å². The molecule has 5 heteroatoms. The molecule has 3 aromatic carbocycles. The fourth-order valence-electron chi connectivity index (χ4n) is 6.65. The molecule has 0 saturated heterocycles. The number of ether oxygens (including phenoxy) is 1. The number of fused-ring (bicyclic) bond motifs is 3. The maximum atomic E-state index is 12.0. The van der Waals surface area contributed by atoms with Crippen molar-refractivity contribution in [1.29, 1.82) is 0 Å². The van der Waals surface area contributed by atoms with Gasteiger partial charge < -0.3 is 9.84 Å². The fourth-order valence-corrected chi connectivity index (χ4v) is 6.65. The first-order valence-corrected chi connectivity index (χ1v) is 18.0. The predicted molar refractivity (Wildman–Crippen MR) is 203 cm³/mol. The number of allylic oxidation sites excluding steroid dienone is 2. The molecule has 0 saturated carbocycles. The number of aliphatic hydroxyl groups is 1. The minimum absolute atomic E-state index is 0. The Bertz CT molecular complexity index is 1810. The van der Waals surface area contributed by atoms with Crippen molar-refractivity contribution in [3.8, 4) is 22.8 Å². The average Bonchev–Trinajstić information content (AvgIpc) is 3.01. The summed E-state index contributed by atoms with van der Waals surface area (Å²) in [7, 11) is 0. The van der Waals surface area contributed by atoms with Gasteiger partial charge in [0, 0.05) is 54.8 Å². The molecule has 49 heavy (non-hydrogen) atoms. The monoisotopic (exact) mass is 841 g/mol. The predicted octanol–water partition coefficient (Wildman–Crippen LogP) is 12.7. The van der Waals surface area contributed by atoms with Gasteiger partial charge in [-0.1, -0.05) is 117 Å². The number of benzene rings is 3. The molecule has 1 radical (unpaired) electrons. The molecule has 1 aliphatic rings. The number of carbonyl (C=O) groups excluding carboxylic acids is 1. The number of aryl methyl sites for hydroxylation is 1. The standard InChI is InChI=1S/C30H32NO.C14H26O2.Ir/c1-18-17-31-27-23-14-20-10-8-9-11-21(20)24(16-30(5,6)7)28(23)32-25-13-19(15-29(2,3)4)12-22(18)26(25)27;1-6-11(7-2)12(15)10-13(16)14(5,8-3)9-4;/h8-13,17H,15-16H2,1-7H3;10-11,15H,6-9H2,1-5H3;/q-1;;/b;12-10-;. The van der Waals surface area contributed by atoms with Crippen LogP contribution in [0.3, 0.4) is 0 Å². The third-order valence-electron chi connectivity index (χ3n) is 9.95. The van der Waals surface area contributed by atoms with Crippen LogP contribution in [0.15, 0.2) is 54.4 Å². The van der Waals surface area contributed by atoms with Gasteiger partial charge >= 0.3 is 0 Å². The van der Waals surface area contributed by atoms with Crippen molar-refractivity contribution in [1.82, 2.24) is 4.98 Å². The van der Waals surface area contributed by atoms with Crippen LogP contribution in [0.25, 0.3) is 32.8 Å². The van der Waals surface area contributed by atoms with Crippen molar-refractivity contribution in [2.24, 2.45) is 22.2 Å². The molecule has 0 bridgehead atoms. The third kappa shape index (κ3) is 9.21. The second-order valence-electron chi connectivity index (χ2n) is 16.5. The first-order valence-electron chi connectivity index (χ1n) is 18.0. The van der Waals surface area contributed by atoms with E-state index in [1.807, 2.05) is 40.8 Å². The Morgan fingerprint density at radius 2 is 1.53 bits per heavy atom. The molecule has 1 N–H and O–H groups in total. The van der Waals surface area contributed by atoms with E-state index in [-0.39, 0.29) is 53.8 Å². The van der Waals surface area contributed by atoms with Crippen LogP contribution >= 0.6 is 0 Å². The van der Waals surface area contributed by atoms with Crippen LogP contribution in [-0.2, 0) is 37.7 Å². The van der Waals surface area contributed by atoms with Gasteiger partial charge in [-0.05, 0) is 78.9 Å². The van der Waals surface area contributed by atoms with E-state index in [4.69, 9.17) is 9.72 Å². The smallest absolute Gasteiger partial charge is 0.164 e. The molecule has 0 spiro atoms. The zero-order valence-corrected chi connectivity index (χ0v) is 34.4. The second-order valence-corrected chi connectivity index (χ2v) is 16.5. The number of carbonyl (C=O) groups is 1. The van der Waals surface area contributed by atoms with Gasteiger partial charge in [-0.2, -0.15) is 0 Å². The van der Waals surface area contributed by atoms with E-state index < -0.39 is 0 Å². The van der Waals surface area contributed by atoms with Gasteiger partial charge in [0.05, 0.1) is 11.5 Å². The van der Waals surface area contributed by atoms with Crippen molar-refractivity contribution in [3.63, 3.8) is 0 Å². The summed E-state index contributed by atoms with van der Waals surface area (Å²) in [5, 5.41) is 14.6. The maximum Gasteiger partial charge on any atom is 0.164 e. The van der Waals surface area contributed by atoms with Gasteiger partial charge in [0.1, 0.15) is 5.75 Å². The molecule has 267 valence electrons. The topological polar surface area (TPSA) is 59.4 Å². The number of ketones is 1. The van der Waals surface area contributed by atoms with Gasteiger partial charge in [-0.25, -0.2) is 0 Å². The van der Waals surface area contributed by atoms with Crippen molar-refractivity contribution in [2.45, 2.75) is 122 Å². The van der Waals surface area contributed by atoms with Crippen molar-refractivity contribution in [3.05, 3.63) is 77.2 Å². The molecule has 0 unspecified atom stereocenters. The molecular formula is C44H58IrNO3-. The van der Waals surface area contributed by atoms with E-state index in [0.717, 1.165) is 72.1 Å². The number of rotatable bonds is 9. The van der Waals surface area contributed by atoms with Gasteiger partial charge in [0.25, 0.3) is 0 Å². The normalized spacial score (nSPS) is 13.0. The summed E-state index contributed by atoms with van der Waals surface area (Å²) >= 11 is 0. The number of pyridine rings is 1. The SMILES string of the molecule is CCC(CC)/C(O)=C/C(=O)C(C)(CC)CC.Cc1cnc2c3c(cc(CC(C)(C)C)cc13)Oc1c-2[c-]c2ccccc2c1CC(C)(C)C.[Ir]. The van der Waals surface area contributed by atoms with Crippen LogP contribution in [0.1, 0.15) is 119 Å². The van der Waals surface area contributed by atoms with Gasteiger partial charge in [-0.15, -0.1) is 17.5 Å². The number of aromatic nitrogens is 1. The Balaban J connectivity index is 0.000000328. The molecule has 4 nitrogen and oxygen atoms in total. The number of aliphatic hydroxyl groups excluding tert-OH is 1. The molecule has 0 atom stereocenters. The Kier molecular flexibility index (Phi) is 13.1. The van der Waals surface area contributed by atoms with Gasteiger partial charge in [0.2, 0.25) is 0 Å². The quantitative estimate of drug-likeness (QED) is 0.0912. The molecule has 0 amide bonds. The van der Waals surface area contributed by atoms with Crippen LogP contribution < -0.4 is 4.74 Å². The molecule has 0 aliphatic carbocycles. The summed E-state index contributed by atoms with van der Waals surface area (Å²) in [6, 6.07) is 16.8. The second kappa shape index (κ2) is 15.9. The van der Waals surface area contributed by atoms with E-state index in [0.29, 0.717) is 0 Å². The first kappa shape index (κ1) is 40.4. The first-order chi connectivity index (χ1) is 22.4. The minimum atomic E-state index is -0.319. The molecule has 5 rings (SSSR count). The molecule has 1 aliphatic heterocycles. The van der Waals surface area contributed by atoms with E-state index >= 15 is 0 Å². The number of hydrogen-bond acceptors (Lipinski definition) is 4. The van der Waals surface area contributed by atoms with Crippen molar-refractivity contribution < 1.29 is 34.7 Å².